The lowest BCUT2D eigenvalue weighted by Gasteiger charge is -2.23. The maximum atomic E-state index is 12.4. The smallest absolute Gasteiger partial charge is 0.223 e. The predicted octanol–water partition coefficient (Wildman–Crippen LogP) is 2.65. The van der Waals surface area contributed by atoms with Crippen molar-refractivity contribution < 1.29 is 14.3 Å². The van der Waals surface area contributed by atoms with Gasteiger partial charge in [-0.25, -0.2) is 0 Å². The molecule has 1 amide bonds. The Hall–Kier alpha value is -0.980. The molecule has 5 nitrogen and oxygen atoms in total. The number of benzene rings is 1. The number of hydrogen-bond acceptors (Lipinski definition) is 4. The van der Waals surface area contributed by atoms with Crippen molar-refractivity contribution in [1.29, 1.82) is 0 Å². The van der Waals surface area contributed by atoms with Gasteiger partial charge < -0.3 is 20.1 Å². The van der Waals surface area contributed by atoms with Crippen LogP contribution in [0.2, 0.25) is 0 Å². The number of carbonyl (C=O) groups is 1. The van der Waals surface area contributed by atoms with Gasteiger partial charge in [-0.3, -0.25) is 4.79 Å². The largest absolute Gasteiger partial charge is 0.486 e. The minimum Gasteiger partial charge on any atom is -0.486 e. The molecule has 2 fully saturated rings. The lowest BCUT2D eigenvalue weighted by atomic mass is 9.92. The number of halogens is 2. The van der Waals surface area contributed by atoms with E-state index in [-0.39, 0.29) is 29.6 Å². The van der Waals surface area contributed by atoms with Gasteiger partial charge in [-0.05, 0) is 71.4 Å². The van der Waals surface area contributed by atoms with E-state index >= 15 is 0 Å². The Balaban J connectivity index is 0.00000169. The highest BCUT2D eigenvalue weighted by molar-refractivity contribution is 9.10. The van der Waals surface area contributed by atoms with Crippen LogP contribution in [0.15, 0.2) is 16.6 Å². The van der Waals surface area contributed by atoms with Crippen molar-refractivity contribution in [2.24, 2.45) is 11.3 Å². The standard InChI is InChI=1S/C17H21BrN2O3.ClH/c18-13-7-11(8-14-15(13)23-6-5-22-14)10-20-16(21)12-9-17(12)1-3-19-4-2-17;/h7-8,12,19H,1-6,9-10H2,(H,20,21);1H. The fourth-order valence-corrected chi connectivity index (χ4v) is 4.38. The summed E-state index contributed by atoms with van der Waals surface area (Å²) in [7, 11) is 0. The molecule has 0 radical (unpaired) electrons. The minimum absolute atomic E-state index is 0. The number of carbonyl (C=O) groups excluding carboxylic acids is 1. The van der Waals surface area contributed by atoms with Gasteiger partial charge in [0.2, 0.25) is 5.91 Å². The number of nitrogens with one attached hydrogen (secondary N) is 2. The molecule has 7 heteroatoms. The maximum absolute atomic E-state index is 12.4. The van der Waals surface area contributed by atoms with Crippen molar-refractivity contribution in [3.05, 3.63) is 22.2 Å². The van der Waals surface area contributed by atoms with Gasteiger partial charge in [0.1, 0.15) is 13.2 Å². The van der Waals surface area contributed by atoms with E-state index < -0.39 is 0 Å². The molecule has 24 heavy (non-hydrogen) atoms. The van der Waals surface area contributed by atoms with Crippen LogP contribution >= 0.6 is 28.3 Å². The summed E-state index contributed by atoms with van der Waals surface area (Å²) in [5.41, 5.74) is 1.30. The number of rotatable bonds is 3. The molecule has 132 valence electrons. The molecule has 2 N–H and O–H groups in total. The van der Waals surface area contributed by atoms with Crippen LogP contribution in [0.4, 0.5) is 0 Å². The van der Waals surface area contributed by atoms with Crippen LogP contribution in [0.25, 0.3) is 0 Å². The van der Waals surface area contributed by atoms with Gasteiger partial charge >= 0.3 is 0 Å². The van der Waals surface area contributed by atoms with Crippen molar-refractivity contribution >= 4 is 34.2 Å². The number of ether oxygens (including phenoxy) is 2. The van der Waals surface area contributed by atoms with Crippen LogP contribution in [0.5, 0.6) is 11.5 Å². The molecule has 1 aliphatic carbocycles. The second-order valence-corrected chi connectivity index (χ2v) is 7.54. The highest BCUT2D eigenvalue weighted by atomic mass is 79.9. The summed E-state index contributed by atoms with van der Waals surface area (Å²) in [5, 5.41) is 6.46. The fourth-order valence-electron chi connectivity index (χ4n) is 3.77. The Kier molecular flexibility index (Phi) is 5.27. The second-order valence-electron chi connectivity index (χ2n) is 6.69. The van der Waals surface area contributed by atoms with Gasteiger partial charge in [-0.2, -0.15) is 0 Å². The van der Waals surface area contributed by atoms with E-state index in [0.717, 1.165) is 53.9 Å². The first-order chi connectivity index (χ1) is 11.2. The first-order valence-corrected chi connectivity index (χ1v) is 9.04. The summed E-state index contributed by atoms with van der Waals surface area (Å²) < 4.78 is 12.1. The average Bonchev–Trinajstić information content (AvgIpc) is 3.26. The lowest BCUT2D eigenvalue weighted by molar-refractivity contribution is -0.123. The topological polar surface area (TPSA) is 59.6 Å². The Labute approximate surface area is 156 Å². The normalized spacial score (nSPS) is 23.3. The molecular formula is C17H22BrClN2O3. The van der Waals surface area contributed by atoms with Crippen LogP contribution < -0.4 is 20.1 Å². The van der Waals surface area contributed by atoms with Crippen molar-refractivity contribution in [2.75, 3.05) is 26.3 Å². The van der Waals surface area contributed by atoms with E-state index in [1.807, 2.05) is 12.1 Å². The molecule has 0 aromatic heterocycles. The van der Waals surface area contributed by atoms with Crippen LogP contribution in [-0.2, 0) is 11.3 Å². The monoisotopic (exact) mass is 416 g/mol. The molecule has 1 spiro atoms. The van der Waals surface area contributed by atoms with E-state index in [0.29, 0.717) is 19.8 Å². The number of fused-ring (bicyclic) bond motifs is 1. The van der Waals surface area contributed by atoms with Crippen molar-refractivity contribution in [1.82, 2.24) is 10.6 Å². The first-order valence-electron chi connectivity index (χ1n) is 8.24. The zero-order valence-corrected chi connectivity index (χ0v) is 15.8. The highest BCUT2D eigenvalue weighted by Crippen LogP contribution is 2.58. The van der Waals surface area contributed by atoms with Crippen LogP contribution in [-0.4, -0.2) is 32.2 Å². The fraction of sp³-hybridized carbons (Fsp3) is 0.588. The summed E-state index contributed by atoms with van der Waals surface area (Å²) in [6.45, 7) is 3.74. The third kappa shape index (κ3) is 3.37. The summed E-state index contributed by atoms with van der Waals surface area (Å²) >= 11 is 3.51. The molecule has 1 atom stereocenters. The van der Waals surface area contributed by atoms with E-state index in [4.69, 9.17) is 9.47 Å². The maximum Gasteiger partial charge on any atom is 0.223 e. The third-order valence-corrected chi connectivity index (χ3v) is 5.82. The van der Waals surface area contributed by atoms with Crippen molar-refractivity contribution in [3.8, 4) is 11.5 Å². The average molecular weight is 418 g/mol. The molecule has 1 saturated heterocycles. The van der Waals surface area contributed by atoms with Crippen LogP contribution in [0, 0.1) is 11.3 Å². The molecule has 4 rings (SSSR count). The van der Waals surface area contributed by atoms with Crippen LogP contribution in [0.3, 0.4) is 0 Å². The number of hydrogen-bond donors (Lipinski definition) is 2. The van der Waals surface area contributed by atoms with Gasteiger partial charge in [-0.15, -0.1) is 12.4 Å². The van der Waals surface area contributed by atoms with E-state index in [1.54, 1.807) is 0 Å². The van der Waals surface area contributed by atoms with Gasteiger partial charge in [0.25, 0.3) is 0 Å². The molecule has 1 aromatic carbocycles. The molecule has 0 bridgehead atoms. The van der Waals surface area contributed by atoms with Gasteiger partial charge in [0.05, 0.1) is 4.47 Å². The molecule has 1 saturated carbocycles. The molecule has 2 heterocycles. The zero-order chi connectivity index (χ0) is 15.9. The first kappa shape index (κ1) is 17.8. The Morgan fingerprint density at radius 1 is 1.29 bits per heavy atom. The third-order valence-electron chi connectivity index (χ3n) is 5.23. The predicted molar refractivity (Wildman–Crippen MR) is 96.9 cm³/mol. The number of piperidine rings is 1. The summed E-state index contributed by atoms with van der Waals surface area (Å²) in [5.74, 6) is 1.89. The van der Waals surface area contributed by atoms with Gasteiger partial charge in [0, 0.05) is 12.5 Å². The Morgan fingerprint density at radius 3 is 2.83 bits per heavy atom. The summed E-state index contributed by atoms with van der Waals surface area (Å²) in [4.78, 5) is 12.4. The molecule has 2 aliphatic heterocycles. The molecule has 1 aromatic rings. The Bertz CT molecular complexity index is 635. The number of amides is 1. The van der Waals surface area contributed by atoms with Crippen LogP contribution in [0.1, 0.15) is 24.8 Å². The van der Waals surface area contributed by atoms with E-state index in [9.17, 15) is 4.79 Å². The van der Waals surface area contributed by atoms with Gasteiger partial charge in [0.15, 0.2) is 11.5 Å². The summed E-state index contributed by atoms with van der Waals surface area (Å²) in [6.07, 6.45) is 3.30. The molecule has 3 aliphatic rings. The highest BCUT2D eigenvalue weighted by Gasteiger charge is 2.57. The Morgan fingerprint density at radius 2 is 2.04 bits per heavy atom. The second kappa shape index (κ2) is 7.10. The molecular weight excluding hydrogens is 396 g/mol. The molecule has 1 unspecified atom stereocenters. The van der Waals surface area contributed by atoms with E-state index in [1.165, 1.54) is 0 Å². The minimum atomic E-state index is 0. The SMILES string of the molecule is Cl.O=C(NCc1cc(Br)c2c(c1)OCCO2)C1CC12CCNCC2. The van der Waals surface area contributed by atoms with E-state index in [2.05, 4.69) is 26.6 Å². The van der Waals surface area contributed by atoms with Crippen molar-refractivity contribution in [3.63, 3.8) is 0 Å². The quantitative estimate of drug-likeness (QED) is 0.794. The zero-order valence-electron chi connectivity index (χ0n) is 13.4. The van der Waals surface area contributed by atoms with Crippen molar-refractivity contribution in [2.45, 2.75) is 25.8 Å². The van der Waals surface area contributed by atoms with Gasteiger partial charge in [-0.1, -0.05) is 0 Å². The summed E-state index contributed by atoms with van der Waals surface area (Å²) in [6, 6.07) is 3.94. The lowest BCUT2D eigenvalue weighted by Crippen LogP contribution is -2.33.